The Morgan fingerprint density at radius 2 is 1.83 bits per heavy atom. The van der Waals surface area contributed by atoms with Crippen LogP contribution in [0, 0.1) is 13.8 Å². The van der Waals surface area contributed by atoms with Crippen LogP contribution >= 0.6 is 22.7 Å². The molecule has 0 saturated heterocycles. The van der Waals surface area contributed by atoms with Crippen molar-refractivity contribution in [3.8, 4) is 11.5 Å². The molecule has 1 aliphatic rings. The number of para-hydroxylation sites is 1. The number of hydrogen-bond acceptors (Lipinski definition) is 7. The van der Waals surface area contributed by atoms with Crippen LogP contribution in [0.25, 0.3) is 0 Å². The summed E-state index contributed by atoms with van der Waals surface area (Å²) in [6.45, 7) is 3.86. The Morgan fingerprint density at radius 1 is 1.06 bits per heavy atom. The van der Waals surface area contributed by atoms with E-state index >= 15 is 0 Å². The van der Waals surface area contributed by atoms with Crippen molar-refractivity contribution < 1.29 is 19.4 Å². The molecule has 0 fully saturated rings. The third-order valence-corrected chi connectivity index (χ3v) is 7.65. The number of ketones is 1. The van der Waals surface area contributed by atoms with Crippen molar-refractivity contribution in [1.29, 1.82) is 0 Å². The molecule has 0 radical (unpaired) electrons. The summed E-state index contributed by atoms with van der Waals surface area (Å²) in [7, 11) is 0. The summed E-state index contributed by atoms with van der Waals surface area (Å²) < 4.78 is 6.00. The number of ether oxygens (including phenoxy) is 1. The first-order chi connectivity index (χ1) is 16.9. The molecular weight excluding hydrogens is 480 g/mol. The fourth-order valence-corrected chi connectivity index (χ4v) is 5.78. The molecule has 2 aromatic heterocycles. The van der Waals surface area contributed by atoms with Crippen LogP contribution in [0.2, 0.25) is 0 Å². The van der Waals surface area contributed by atoms with Crippen molar-refractivity contribution in [2.45, 2.75) is 26.4 Å². The highest BCUT2D eigenvalue weighted by atomic mass is 32.1. The molecule has 176 valence electrons. The minimum absolute atomic E-state index is 0.0650. The number of benzene rings is 2. The summed E-state index contributed by atoms with van der Waals surface area (Å²) in [5, 5.41) is 13.6. The van der Waals surface area contributed by atoms with Gasteiger partial charge in [-0.3, -0.25) is 9.59 Å². The molecule has 2 aromatic carbocycles. The SMILES string of the molecule is Cc1nc(C)c(C(=O)C2=C(O)C(=O)N(Cc3cccs3)C2c2cccc(Oc3ccccc3)c2)s1. The molecule has 35 heavy (non-hydrogen) atoms. The Kier molecular flexibility index (Phi) is 6.23. The molecule has 5 rings (SSSR count). The lowest BCUT2D eigenvalue weighted by atomic mass is 9.95. The minimum atomic E-state index is -0.766. The Balaban J connectivity index is 1.58. The van der Waals surface area contributed by atoms with Crippen LogP contribution < -0.4 is 4.74 Å². The Morgan fingerprint density at radius 3 is 2.51 bits per heavy atom. The van der Waals surface area contributed by atoms with Crippen molar-refractivity contribution in [3.63, 3.8) is 0 Å². The second kappa shape index (κ2) is 9.48. The number of rotatable bonds is 7. The van der Waals surface area contributed by atoms with Crippen LogP contribution in [-0.2, 0) is 11.3 Å². The van der Waals surface area contributed by atoms with E-state index < -0.39 is 17.7 Å². The number of aliphatic hydroxyl groups excluding tert-OH is 1. The first kappa shape index (κ1) is 23.0. The number of aromatic nitrogens is 1. The lowest BCUT2D eigenvalue weighted by Gasteiger charge is -2.26. The van der Waals surface area contributed by atoms with Gasteiger partial charge in [-0.05, 0) is 55.1 Å². The highest BCUT2D eigenvalue weighted by molar-refractivity contribution is 7.14. The standard InChI is InChI=1S/C27H22N2O4S2/c1-16-26(35-17(2)28-16)24(30)22-23(29(27(32)25(22)31)15-21-12-7-13-34-21)18-8-6-11-20(14-18)33-19-9-4-3-5-10-19/h3-14,23,31H,15H2,1-2H3. The molecule has 6 nitrogen and oxygen atoms in total. The van der Waals surface area contributed by atoms with E-state index in [4.69, 9.17) is 4.74 Å². The largest absolute Gasteiger partial charge is 0.503 e. The van der Waals surface area contributed by atoms with Gasteiger partial charge in [0.15, 0.2) is 5.76 Å². The fraction of sp³-hybridized carbons (Fsp3) is 0.148. The lowest BCUT2D eigenvalue weighted by molar-refractivity contribution is -0.130. The number of nitrogens with zero attached hydrogens (tertiary/aromatic N) is 2. The van der Waals surface area contributed by atoms with Crippen LogP contribution in [0.4, 0.5) is 0 Å². The van der Waals surface area contributed by atoms with Gasteiger partial charge in [0, 0.05) is 4.88 Å². The normalized spacial score (nSPS) is 15.7. The molecule has 0 saturated carbocycles. The van der Waals surface area contributed by atoms with Crippen molar-refractivity contribution in [2.24, 2.45) is 0 Å². The molecule has 1 atom stereocenters. The third-order valence-electron chi connectivity index (χ3n) is 5.72. The summed E-state index contributed by atoms with van der Waals surface area (Å²) in [5.74, 6) is -0.225. The summed E-state index contributed by atoms with van der Waals surface area (Å²) in [6.07, 6.45) is 0. The number of amides is 1. The smallest absolute Gasteiger partial charge is 0.290 e. The van der Waals surface area contributed by atoms with E-state index in [0.717, 1.165) is 9.88 Å². The predicted molar refractivity (Wildman–Crippen MR) is 136 cm³/mol. The van der Waals surface area contributed by atoms with E-state index in [0.29, 0.717) is 27.6 Å². The van der Waals surface area contributed by atoms with Gasteiger partial charge in [0.05, 0.1) is 33.7 Å². The van der Waals surface area contributed by atoms with Gasteiger partial charge in [-0.2, -0.15) is 0 Å². The van der Waals surface area contributed by atoms with E-state index in [1.165, 1.54) is 22.7 Å². The maximum Gasteiger partial charge on any atom is 0.290 e. The zero-order valence-electron chi connectivity index (χ0n) is 19.1. The van der Waals surface area contributed by atoms with E-state index in [-0.39, 0.29) is 17.9 Å². The average molecular weight is 503 g/mol. The van der Waals surface area contributed by atoms with Crippen LogP contribution in [0.5, 0.6) is 11.5 Å². The summed E-state index contributed by atoms with van der Waals surface area (Å²) in [5.41, 5.74) is 1.33. The van der Waals surface area contributed by atoms with Gasteiger partial charge >= 0.3 is 0 Å². The van der Waals surface area contributed by atoms with Gasteiger partial charge in [-0.15, -0.1) is 22.7 Å². The molecular formula is C27H22N2O4S2. The summed E-state index contributed by atoms with van der Waals surface area (Å²) in [6, 6.07) is 19.7. The number of carbonyl (C=O) groups excluding carboxylic acids is 2. The van der Waals surface area contributed by atoms with E-state index in [9.17, 15) is 14.7 Å². The molecule has 1 amide bonds. The molecule has 0 aliphatic carbocycles. The molecule has 4 aromatic rings. The number of thiophene rings is 1. The number of carbonyl (C=O) groups is 2. The molecule has 1 unspecified atom stereocenters. The maximum atomic E-state index is 13.7. The van der Waals surface area contributed by atoms with Gasteiger partial charge < -0.3 is 14.7 Å². The van der Waals surface area contributed by atoms with Gasteiger partial charge in [0.2, 0.25) is 5.78 Å². The molecule has 3 heterocycles. The highest BCUT2D eigenvalue weighted by Gasteiger charge is 2.44. The van der Waals surface area contributed by atoms with E-state index in [1.54, 1.807) is 11.8 Å². The second-order valence-corrected chi connectivity index (χ2v) is 10.4. The maximum absolute atomic E-state index is 13.7. The van der Waals surface area contributed by atoms with Gasteiger partial charge in [0.25, 0.3) is 5.91 Å². The number of hydrogen-bond donors (Lipinski definition) is 1. The van der Waals surface area contributed by atoms with Crippen LogP contribution in [0.1, 0.15) is 36.9 Å². The number of thiazole rings is 1. The molecule has 1 N–H and O–H groups in total. The summed E-state index contributed by atoms with van der Waals surface area (Å²) >= 11 is 2.78. The Bertz CT molecular complexity index is 1420. The second-order valence-electron chi connectivity index (χ2n) is 8.14. The zero-order valence-corrected chi connectivity index (χ0v) is 20.7. The fourth-order valence-electron chi connectivity index (χ4n) is 4.20. The minimum Gasteiger partial charge on any atom is -0.503 e. The molecule has 8 heteroatoms. The monoisotopic (exact) mass is 502 g/mol. The number of Topliss-reactive ketones (excluding diaryl/α,β-unsaturated/α-hetero) is 1. The van der Waals surface area contributed by atoms with Crippen molar-refractivity contribution in [1.82, 2.24) is 9.88 Å². The van der Waals surface area contributed by atoms with Crippen LogP contribution in [0.15, 0.2) is 83.4 Å². The first-order valence-corrected chi connectivity index (χ1v) is 12.7. The molecule has 0 bridgehead atoms. The van der Waals surface area contributed by atoms with Crippen molar-refractivity contribution in [3.05, 3.63) is 109 Å². The van der Waals surface area contributed by atoms with E-state index in [1.807, 2.05) is 79.0 Å². The van der Waals surface area contributed by atoms with Gasteiger partial charge in [0.1, 0.15) is 11.5 Å². The Hall–Kier alpha value is -3.75. The van der Waals surface area contributed by atoms with Crippen LogP contribution in [-0.4, -0.2) is 26.7 Å². The lowest BCUT2D eigenvalue weighted by Crippen LogP contribution is -2.30. The molecule has 0 spiro atoms. The predicted octanol–water partition coefficient (Wildman–Crippen LogP) is 6.39. The zero-order chi connectivity index (χ0) is 24.5. The summed E-state index contributed by atoms with van der Waals surface area (Å²) in [4.78, 5) is 34.2. The quantitative estimate of drug-likeness (QED) is 0.296. The number of aliphatic hydroxyl groups is 1. The van der Waals surface area contributed by atoms with Crippen LogP contribution in [0.3, 0.4) is 0 Å². The van der Waals surface area contributed by atoms with Crippen molar-refractivity contribution in [2.75, 3.05) is 0 Å². The molecule has 1 aliphatic heterocycles. The Labute approximate surface area is 210 Å². The van der Waals surface area contributed by atoms with Gasteiger partial charge in [-0.1, -0.05) is 36.4 Å². The van der Waals surface area contributed by atoms with E-state index in [2.05, 4.69) is 4.98 Å². The highest BCUT2D eigenvalue weighted by Crippen LogP contribution is 2.42. The van der Waals surface area contributed by atoms with Gasteiger partial charge in [-0.25, -0.2) is 4.98 Å². The first-order valence-electron chi connectivity index (χ1n) is 11.0. The average Bonchev–Trinajstić information content (AvgIpc) is 3.55. The topological polar surface area (TPSA) is 79.7 Å². The number of aryl methyl sites for hydroxylation is 2. The van der Waals surface area contributed by atoms with Crippen molar-refractivity contribution >= 4 is 34.4 Å². The third kappa shape index (κ3) is 4.50.